The molecule has 2 aromatic rings. The molecule has 0 amide bonds. The molecule has 3 N–H and O–H groups in total. The third-order valence-corrected chi connectivity index (χ3v) is 2.12. The van der Waals surface area contributed by atoms with E-state index in [9.17, 15) is 0 Å². The Bertz CT molecular complexity index is 407. The first-order valence-electron chi connectivity index (χ1n) is 4.72. The lowest BCUT2D eigenvalue weighted by Gasteiger charge is -2.05. The molecule has 0 atom stereocenters. The maximum Gasteiger partial charge on any atom is 0.0931 e. The van der Waals surface area contributed by atoms with E-state index in [1.165, 1.54) is 0 Å². The Balaban J connectivity index is 2.10. The Morgan fingerprint density at radius 1 is 1.36 bits per heavy atom. The molecule has 0 fully saturated rings. The Morgan fingerprint density at radius 2 is 2.29 bits per heavy atom. The van der Waals surface area contributed by atoms with Crippen molar-refractivity contribution in [2.45, 2.75) is 0 Å². The molecule has 0 bridgehead atoms. The second-order valence-electron chi connectivity index (χ2n) is 3.16. The number of fused-ring (bicyclic) bond motifs is 1. The Hall–Kier alpha value is -1.55. The molecule has 0 spiro atoms. The summed E-state index contributed by atoms with van der Waals surface area (Å²) in [5.74, 6) is 0. The van der Waals surface area contributed by atoms with E-state index < -0.39 is 0 Å². The van der Waals surface area contributed by atoms with Gasteiger partial charge in [-0.25, -0.2) is 4.98 Å². The van der Waals surface area contributed by atoms with E-state index >= 15 is 0 Å². The van der Waals surface area contributed by atoms with Crippen LogP contribution in [0.4, 0.5) is 5.69 Å². The van der Waals surface area contributed by atoms with Crippen molar-refractivity contribution in [2.75, 3.05) is 25.5 Å². The molecule has 4 heteroatoms. The van der Waals surface area contributed by atoms with Crippen LogP contribution in [0.25, 0.3) is 11.0 Å². The lowest BCUT2D eigenvalue weighted by molar-refractivity contribution is 0.824. The van der Waals surface area contributed by atoms with E-state index in [0.717, 1.165) is 29.8 Å². The largest absolute Gasteiger partial charge is 0.384 e. The van der Waals surface area contributed by atoms with Gasteiger partial charge in [0.25, 0.3) is 0 Å². The van der Waals surface area contributed by atoms with E-state index in [1.54, 1.807) is 6.33 Å². The number of likely N-dealkylation sites (N-methyl/N-ethyl adjacent to an activating group) is 1. The fourth-order valence-electron chi connectivity index (χ4n) is 1.38. The molecule has 0 saturated heterocycles. The van der Waals surface area contributed by atoms with Crippen LogP contribution in [0.15, 0.2) is 24.5 Å². The first kappa shape index (κ1) is 9.02. The molecule has 0 saturated carbocycles. The number of anilines is 1. The summed E-state index contributed by atoms with van der Waals surface area (Å²) in [6.45, 7) is 1.89. The monoisotopic (exact) mass is 190 g/mol. The number of nitrogens with zero attached hydrogens (tertiary/aromatic N) is 1. The number of hydrogen-bond donors (Lipinski definition) is 3. The van der Waals surface area contributed by atoms with Gasteiger partial charge < -0.3 is 15.6 Å². The number of imidazole rings is 1. The van der Waals surface area contributed by atoms with Gasteiger partial charge in [0.2, 0.25) is 0 Å². The summed E-state index contributed by atoms with van der Waals surface area (Å²) in [5, 5.41) is 6.40. The maximum absolute atomic E-state index is 4.16. The summed E-state index contributed by atoms with van der Waals surface area (Å²) in [6, 6.07) is 6.12. The van der Waals surface area contributed by atoms with E-state index in [1.807, 2.05) is 19.2 Å². The number of H-pyrrole nitrogens is 1. The molecule has 0 aliphatic heterocycles. The molecule has 1 aromatic carbocycles. The second kappa shape index (κ2) is 4.11. The van der Waals surface area contributed by atoms with Crippen molar-refractivity contribution in [3.8, 4) is 0 Å². The highest BCUT2D eigenvalue weighted by atomic mass is 14.9. The van der Waals surface area contributed by atoms with Gasteiger partial charge in [-0.05, 0) is 25.2 Å². The molecular weight excluding hydrogens is 176 g/mol. The zero-order chi connectivity index (χ0) is 9.80. The van der Waals surface area contributed by atoms with E-state index in [4.69, 9.17) is 0 Å². The molecule has 2 rings (SSSR count). The van der Waals surface area contributed by atoms with Crippen molar-refractivity contribution < 1.29 is 0 Å². The summed E-state index contributed by atoms with van der Waals surface area (Å²) >= 11 is 0. The maximum atomic E-state index is 4.16. The number of aromatic amines is 1. The molecule has 0 aliphatic carbocycles. The lowest BCUT2D eigenvalue weighted by Crippen LogP contribution is -2.17. The predicted octanol–water partition coefficient (Wildman–Crippen LogP) is 1.19. The van der Waals surface area contributed by atoms with Crippen LogP contribution < -0.4 is 10.6 Å². The van der Waals surface area contributed by atoms with Crippen LogP contribution in [-0.2, 0) is 0 Å². The van der Waals surface area contributed by atoms with E-state index in [0.29, 0.717) is 0 Å². The van der Waals surface area contributed by atoms with Gasteiger partial charge in [0.05, 0.1) is 17.4 Å². The van der Waals surface area contributed by atoms with Crippen molar-refractivity contribution in [2.24, 2.45) is 0 Å². The van der Waals surface area contributed by atoms with Crippen LogP contribution in [0.2, 0.25) is 0 Å². The SMILES string of the molecule is CNCCNc1ccc2nc[nH]c2c1. The van der Waals surface area contributed by atoms with Crippen LogP contribution >= 0.6 is 0 Å². The van der Waals surface area contributed by atoms with Crippen LogP contribution in [0.1, 0.15) is 0 Å². The van der Waals surface area contributed by atoms with Crippen molar-refractivity contribution >= 4 is 16.7 Å². The summed E-state index contributed by atoms with van der Waals surface area (Å²) in [4.78, 5) is 7.24. The van der Waals surface area contributed by atoms with Gasteiger partial charge in [0.15, 0.2) is 0 Å². The highest BCUT2D eigenvalue weighted by molar-refractivity contribution is 5.78. The third-order valence-electron chi connectivity index (χ3n) is 2.12. The summed E-state index contributed by atoms with van der Waals surface area (Å²) < 4.78 is 0. The Morgan fingerprint density at radius 3 is 3.14 bits per heavy atom. The molecule has 4 nitrogen and oxygen atoms in total. The fraction of sp³-hybridized carbons (Fsp3) is 0.300. The van der Waals surface area contributed by atoms with Crippen molar-refractivity contribution in [1.82, 2.24) is 15.3 Å². The molecular formula is C10H14N4. The van der Waals surface area contributed by atoms with Crippen LogP contribution in [-0.4, -0.2) is 30.1 Å². The minimum Gasteiger partial charge on any atom is -0.384 e. The quantitative estimate of drug-likeness (QED) is 0.635. The number of hydrogen-bond acceptors (Lipinski definition) is 3. The molecule has 1 aromatic heterocycles. The summed E-state index contributed by atoms with van der Waals surface area (Å²) in [6.07, 6.45) is 1.71. The topological polar surface area (TPSA) is 52.7 Å². The highest BCUT2D eigenvalue weighted by Gasteiger charge is 1.96. The second-order valence-corrected chi connectivity index (χ2v) is 3.16. The zero-order valence-electron chi connectivity index (χ0n) is 8.17. The van der Waals surface area contributed by atoms with Crippen LogP contribution in [0.5, 0.6) is 0 Å². The average molecular weight is 190 g/mol. The minimum atomic E-state index is 0.927. The van der Waals surface area contributed by atoms with E-state index in [2.05, 4.69) is 26.7 Å². The van der Waals surface area contributed by atoms with Gasteiger partial charge >= 0.3 is 0 Å². The first-order chi connectivity index (χ1) is 6.90. The average Bonchev–Trinajstić information content (AvgIpc) is 2.65. The van der Waals surface area contributed by atoms with Gasteiger partial charge in [-0.1, -0.05) is 0 Å². The Kier molecular flexibility index (Phi) is 2.65. The number of nitrogens with one attached hydrogen (secondary N) is 3. The number of rotatable bonds is 4. The molecule has 0 radical (unpaired) electrons. The summed E-state index contributed by atoms with van der Waals surface area (Å²) in [5.41, 5.74) is 3.20. The first-order valence-corrected chi connectivity index (χ1v) is 4.72. The number of benzene rings is 1. The van der Waals surface area contributed by atoms with Crippen molar-refractivity contribution in [3.63, 3.8) is 0 Å². The fourth-order valence-corrected chi connectivity index (χ4v) is 1.38. The lowest BCUT2D eigenvalue weighted by atomic mass is 10.3. The standard InChI is InChI=1S/C10H14N4/c1-11-4-5-12-8-2-3-9-10(6-8)14-7-13-9/h2-3,6-7,11-12H,4-5H2,1H3,(H,13,14). The molecule has 1 heterocycles. The predicted molar refractivity (Wildman–Crippen MR) is 58.5 cm³/mol. The van der Waals surface area contributed by atoms with Crippen LogP contribution in [0, 0.1) is 0 Å². The van der Waals surface area contributed by atoms with Gasteiger partial charge in [0, 0.05) is 18.8 Å². The van der Waals surface area contributed by atoms with Gasteiger partial charge in [-0.15, -0.1) is 0 Å². The van der Waals surface area contributed by atoms with Gasteiger partial charge in [0.1, 0.15) is 0 Å². The summed E-state index contributed by atoms with van der Waals surface area (Å²) in [7, 11) is 1.94. The Labute approximate surface area is 82.7 Å². The smallest absolute Gasteiger partial charge is 0.0931 e. The van der Waals surface area contributed by atoms with Crippen LogP contribution in [0.3, 0.4) is 0 Å². The zero-order valence-corrected chi connectivity index (χ0v) is 8.17. The molecule has 0 unspecified atom stereocenters. The van der Waals surface area contributed by atoms with Gasteiger partial charge in [-0.3, -0.25) is 0 Å². The van der Waals surface area contributed by atoms with E-state index in [-0.39, 0.29) is 0 Å². The highest BCUT2D eigenvalue weighted by Crippen LogP contribution is 2.14. The molecule has 14 heavy (non-hydrogen) atoms. The third kappa shape index (κ3) is 1.85. The molecule has 0 aliphatic rings. The minimum absolute atomic E-state index is 0.927. The number of aromatic nitrogens is 2. The van der Waals surface area contributed by atoms with Crippen molar-refractivity contribution in [3.05, 3.63) is 24.5 Å². The molecule has 74 valence electrons. The van der Waals surface area contributed by atoms with Crippen molar-refractivity contribution in [1.29, 1.82) is 0 Å². The van der Waals surface area contributed by atoms with Gasteiger partial charge in [-0.2, -0.15) is 0 Å². The normalized spacial score (nSPS) is 10.6.